The normalized spacial score (nSPS) is 14.5. The summed E-state index contributed by atoms with van der Waals surface area (Å²) >= 11 is 0. The Hall–Kier alpha value is -2.49. The Bertz CT molecular complexity index is 764. The monoisotopic (exact) mass is 367 g/mol. The molecule has 0 spiro atoms. The summed E-state index contributed by atoms with van der Waals surface area (Å²) in [5.41, 5.74) is 2.77. The molecule has 27 heavy (non-hydrogen) atoms. The van der Waals surface area contributed by atoms with Crippen LogP contribution in [-0.2, 0) is 6.61 Å². The van der Waals surface area contributed by atoms with Crippen molar-refractivity contribution in [1.82, 2.24) is 4.90 Å². The van der Waals surface area contributed by atoms with E-state index < -0.39 is 0 Å². The average molecular weight is 367 g/mol. The fourth-order valence-electron chi connectivity index (χ4n) is 3.44. The molecule has 0 bridgehead atoms. The van der Waals surface area contributed by atoms with Crippen molar-refractivity contribution in [3.63, 3.8) is 0 Å². The van der Waals surface area contributed by atoms with Crippen LogP contribution in [0.5, 0.6) is 11.5 Å². The summed E-state index contributed by atoms with van der Waals surface area (Å²) in [7, 11) is 0. The zero-order chi connectivity index (χ0) is 19.1. The number of carbonyl (C=O) groups is 1. The molecule has 1 heterocycles. The van der Waals surface area contributed by atoms with Crippen molar-refractivity contribution in [2.75, 3.05) is 19.7 Å². The number of hydrogen-bond donors (Lipinski definition) is 0. The topological polar surface area (TPSA) is 38.8 Å². The van der Waals surface area contributed by atoms with Crippen molar-refractivity contribution < 1.29 is 14.3 Å². The third-order valence-corrected chi connectivity index (χ3v) is 4.88. The maximum Gasteiger partial charge on any atom is 0.253 e. The van der Waals surface area contributed by atoms with Crippen LogP contribution in [0.2, 0.25) is 0 Å². The molecule has 1 amide bonds. The second-order valence-electron chi connectivity index (χ2n) is 7.07. The third-order valence-electron chi connectivity index (χ3n) is 4.88. The molecule has 2 aromatic rings. The maximum atomic E-state index is 12.9. The van der Waals surface area contributed by atoms with Gasteiger partial charge in [-0.15, -0.1) is 0 Å². The van der Waals surface area contributed by atoms with E-state index in [1.807, 2.05) is 61.2 Å². The van der Waals surface area contributed by atoms with Crippen molar-refractivity contribution in [2.24, 2.45) is 0 Å². The van der Waals surface area contributed by atoms with E-state index in [-0.39, 0.29) is 5.91 Å². The van der Waals surface area contributed by atoms with Crippen LogP contribution in [0.15, 0.2) is 42.5 Å². The van der Waals surface area contributed by atoms with E-state index in [0.29, 0.717) is 18.8 Å². The molecule has 0 aromatic heterocycles. The van der Waals surface area contributed by atoms with E-state index >= 15 is 0 Å². The summed E-state index contributed by atoms with van der Waals surface area (Å²) in [4.78, 5) is 14.9. The molecule has 0 atom stereocenters. The van der Waals surface area contributed by atoms with Gasteiger partial charge in [0.2, 0.25) is 0 Å². The standard InChI is InChI=1S/C23H29NO3/c1-3-26-22-12-11-19(23(25)24-13-6-4-5-7-14-24)16-20(22)17-27-21-10-8-9-18(2)15-21/h8-12,15-16H,3-7,13-14,17H2,1-2H3. The first-order valence-electron chi connectivity index (χ1n) is 9.92. The lowest BCUT2D eigenvalue weighted by atomic mass is 10.1. The van der Waals surface area contributed by atoms with E-state index in [2.05, 4.69) is 0 Å². The summed E-state index contributed by atoms with van der Waals surface area (Å²) in [6.45, 7) is 6.65. The largest absolute Gasteiger partial charge is 0.493 e. The van der Waals surface area contributed by atoms with Crippen LogP contribution >= 0.6 is 0 Å². The highest BCUT2D eigenvalue weighted by atomic mass is 16.5. The van der Waals surface area contributed by atoms with Gasteiger partial charge < -0.3 is 14.4 Å². The molecule has 4 heteroatoms. The molecule has 0 unspecified atom stereocenters. The van der Waals surface area contributed by atoms with Crippen LogP contribution in [0.3, 0.4) is 0 Å². The van der Waals surface area contributed by atoms with Crippen molar-refractivity contribution in [3.8, 4) is 11.5 Å². The van der Waals surface area contributed by atoms with Gasteiger partial charge in [-0.2, -0.15) is 0 Å². The summed E-state index contributed by atoms with van der Waals surface area (Å²) in [6, 6.07) is 13.7. The Morgan fingerprint density at radius 3 is 2.48 bits per heavy atom. The molecule has 3 rings (SSSR count). The number of ether oxygens (including phenoxy) is 2. The molecule has 0 aliphatic carbocycles. The van der Waals surface area contributed by atoms with E-state index in [9.17, 15) is 4.79 Å². The number of benzene rings is 2. The van der Waals surface area contributed by atoms with Gasteiger partial charge in [0.15, 0.2) is 0 Å². The van der Waals surface area contributed by atoms with E-state index in [0.717, 1.165) is 48.6 Å². The molecule has 2 aromatic carbocycles. The highest BCUT2D eigenvalue weighted by molar-refractivity contribution is 5.94. The first-order chi connectivity index (χ1) is 13.2. The number of nitrogens with zero attached hydrogens (tertiary/aromatic N) is 1. The first-order valence-corrected chi connectivity index (χ1v) is 9.92. The fraction of sp³-hybridized carbons (Fsp3) is 0.435. The Kier molecular flexibility index (Phi) is 6.74. The summed E-state index contributed by atoms with van der Waals surface area (Å²) in [5, 5.41) is 0. The predicted octanol–water partition coefficient (Wildman–Crippen LogP) is 4.99. The molecule has 1 saturated heterocycles. The van der Waals surface area contributed by atoms with Crippen molar-refractivity contribution in [3.05, 3.63) is 59.2 Å². The quantitative estimate of drug-likeness (QED) is 0.722. The Balaban J connectivity index is 1.78. The summed E-state index contributed by atoms with van der Waals surface area (Å²) < 4.78 is 11.7. The molecule has 1 aliphatic rings. The molecule has 0 radical (unpaired) electrons. The second kappa shape index (κ2) is 9.45. The van der Waals surface area contributed by atoms with Gasteiger partial charge in [-0.05, 0) is 62.6 Å². The van der Waals surface area contributed by atoms with Gasteiger partial charge in [0.1, 0.15) is 18.1 Å². The lowest BCUT2D eigenvalue weighted by Gasteiger charge is -2.21. The molecular formula is C23H29NO3. The number of likely N-dealkylation sites (tertiary alicyclic amines) is 1. The average Bonchev–Trinajstić information content (AvgIpc) is 2.96. The Morgan fingerprint density at radius 1 is 1.00 bits per heavy atom. The van der Waals surface area contributed by atoms with Crippen molar-refractivity contribution >= 4 is 5.91 Å². The summed E-state index contributed by atoms with van der Waals surface area (Å²) in [5.74, 6) is 1.70. The molecule has 1 fully saturated rings. The molecule has 4 nitrogen and oxygen atoms in total. The Labute approximate surface area is 162 Å². The highest BCUT2D eigenvalue weighted by Gasteiger charge is 2.19. The second-order valence-corrected chi connectivity index (χ2v) is 7.07. The van der Waals surface area contributed by atoms with Gasteiger partial charge in [0.05, 0.1) is 6.61 Å². The third kappa shape index (κ3) is 5.25. The SMILES string of the molecule is CCOc1ccc(C(=O)N2CCCCCC2)cc1COc1cccc(C)c1. The van der Waals surface area contributed by atoms with Crippen molar-refractivity contribution in [1.29, 1.82) is 0 Å². The predicted molar refractivity (Wildman–Crippen MR) is 107 cm³/mol. The first kappa shape index (κ1) is 19.3. The molecule has 0 N–H and O–H groups in total. The van der Waals surface area contributed by atoms with E-state index in [4.69, 9.17) is 9.47 Å². The van der Waals surface area contributed by atoms with Crippen molar-refractivity contribution in [2.45, 2.75) is 46.1 Å². The number of amides is 1. The highest BCUT2D eigenvalue weighted by Crippen LogP contribution is 2.24. The number of rotatable bonds is 6. The summed E-state index contributed by atoms with van der Waals surface area (Å²) in [6.07, 6.45) is 4.60. The molecule has 144 valence electrons. The molecule has 0 saturated carbocycles. The van der Waals surface area contributed by atoms with Crippen LogP contribution in [0, 0.1) is 6.92 Å². The minimum absolute atomic E-state index is 0.108. The van der Waals surface area contributed by atoms with Crippen LogP contribution in [0.1, 0.15) is 54.1 Å². The Morgan fingerprint density at radius 2 is 1.78 bits per heavy atom. The van der Waals surface area contributed by atoms with Gasteiger partial charge in [-0.3, -0.25) is 4.79 Å². The lowest BCUT2D eigenvalue weighted by Crippen LogP contribution is -2.31. The maximum absolute atomic E-state index is 12.9. The van der Waals surface area contributed by atoms with Crippen LogP contribution < -0.4 is 9.47 Å². The number of hydrogen-bond acceptors (Lipinski definition) is 3. The van der Waals surface area contributed by atoms with Gasteiger partial charge in [-0.1, -0.05) is 25.0 Å². The lowest BCUT2D eigenvalue weighted by molar-refractivity contribution is 0.0761. The molecular weight excluding hydrogens is 338 g/mol. The van der Waals surface area contributed by atoms with Crippen LogP contribution in [0.4, 0.5) is 0 Å². The van der Waals surface area contributed by atoms with E-state index in [1.165, 1.54) is 12.8 Å². The smallest absolute Gasteiger partial charge is 0.253 e. The zero-order valence-corrected chi connectivity index (χ0v) is 16.4. The van der Waals surface area contributed by atoms with E-state index in [1.54, 1.807) is 0 Å². The van der Waals surface area contributed by atoms with Crippen LogP contribution in [-0.4, -0.2) is 30.5 Å². The molecule has 1 aliphatic heterocycles. The van der Waals surface area contributed by atoms with Gasteiger partial charge >= 0.3 is 0 Å². The van der Waals surface area contributed by atoms with Gasteiger partial charge in [0.25, 0.3) is 5.91 Å². The van der Waals surface area contributed by atoms with Crippen LogP contribution in [0.25, 0.3) is 0 Å². The fourth-order valence-corrected chi connectivity index (χ4v) is 3.44. The van der Waals surface area contributed by atoms with Gasteiger partial charge in [0, 0.05) is 24.2 Å². The minimum Gasteiger partial charge on any atom is -0.493 e. The zero-order valence-electron chi connectivity index (χ0n) is 16.4. The number of aryl methyl sites for hydroxylation is 1. The minimum atomic E-state index is 0.108. The van der Waals surface area contributed by atoms with Gasteiger partial charge in [-0.25, -0.2) is 0 Å². The number of carbonyl (C=O) groups excluding carboxylic acids is 1.